The Hall–Kier alpha value is -1.95. The molecule has 0 radical (unpaired) electrons. The summed E-state index contributed by atoms with van der Waals surface area (Å²) in [5.41, 5.74) is 1.74. The summed E-state index contributed by atoms with van der Waals surface area (Å²) >= 11 is 1.45. The summed E-state index contributed by atoms with van der Waals surface area (Å²) in [6, 6.07) is 3.89. The molecule has 0 saturated heterocycles. The van der Waals surface area contributed by atoms with Crippen LogP contribution in [0.15, 0.2) is 29.9 Å². The summed E-state index contributed by atoms with van der Waals surface area (Å²) in [4.78, 5) is 20.8. The maximum Gasteiger partial charge on any atom is 0.309 e. The molecule has 0 aliphatic heterocycles. The lowest BCUT2D eigenvalue weighted by molar-refractivity contribution is -0.136. The predicted octanol–water partition coefficient (Wildman–Crippen LogP) is 1.80. The highest BCUT2D eigenvalue weighted by molar-refractivity contribution is 7.13. The van der Waals surface area contributed by atoms with Gasteiger partial charge in [0.2, 0.25) is 0 Å². The molecular formula is C12H13N3O2S. The highest BCUT2D eigenvalue weighted by atomic mass is 32.1. The summed E-state index contributed by atoms with van der Waals surface area (Å²) in [5, 5.41) is 11.3. The van der Waals surface area contributed by atoms with E-state index in [0.717, 1.165) is 17.2 Å². The average molecular weight is 263 g/mol. The zero-order valence-electron chi connectivity index (χ0n) is 9.91. The largest absolute Gasteiger partial charge is 0.481 e. The molecule has 0 saturated carbocycles. The number of nitrogens with zero attached hydrogens (tertiary/aromatic N) is 3. The molecule has 0 aliphatic carbocycles. The van der Waals surface area contributed by atoms with Gasteiger partial charge in [0.25, 0.3) is 0 Å². The number of aromatic nitrogens is 2. The van der Waals surface area contributed by atoms with Crippen molar-refractivity contribution in [3.05, 3.63) is 41.2 Å². The fraction of sp³-hybridized carbons (Fsp3) is 0.250. The van der Waals surface area contributed by atoms with Gasteiger partial charge in [0.05, 0.1) is 12.1 Å². The Morgan fingerprint density at radius 3 is 2.83 bits per heavy atom. The van der Waals surface area contributed by atoms with E-state index in [1.165, 1.54) is 11.3 Å². The van der Waals surface area contributed by atoms with Crippen LogP contribution in [0.4, 0.5) is 5.13 Å². The molecule has 94 valence electrons. The molecule has 5 nitrogen and oxygen atoms in total. The first kappa shape index (κ1) is 12.5. The molecule has 0 aliphatic rings. The van der Waals surface area contributed by atoms with Crippen LogP contribution >= 0.6 is 11.3 Å². The molecule has 18 heavy (non-hydrogen) atoms. The van der Waals surface area contributed by atoms with Gasteiger partial charge in [-0.25, -0.2) is 4.98 Å². The van der Waals surface area contributed by atoms with E-state index in [0.29, 0.717) is 5.69 Å². The summed E-state index contributed by atoms with van der Waals surface area (Å²) in [6.45, 7) is 0.725. The Morgan fingerprint density at radius 2 is 2.17 bits per heavy atom. The SMILES string of the molecule is CN(Cc1ccncc1)c1nc(CC(=O)O)cs1. The van der Waals surface area contributed by atoms with E-state index >= 15 is 0 Å². The molecule has 0 spiro atoms. The number of hydrogen-bond donors (Lipinski definition) is 1. The Kier molecular flexibility index (Phi) is 3.88. The maximum absolute atomic E-state index is 10.6. The number of aliphatic carboxylic acids is 1. The van der Waals surface area contributed by atoms with Crippen LogP contribution < -0.4 is 4.90 Å². The number of carbonyl (C=O) groups is 1. The van der Waals surface area contributed by atoms with Crippen molar-refractivity contribution in [2.24, 2.45) is 0 Å². The van der Waals surface area contributed by atoms with Gasteiger partial charge in [0.1, 0.15) is 0 Å². The van der Waals surface area contributed by atoms with E-state index in [9.17, 15) is 4.79 Å². The van der Waals surface area contributed by atoms with Crippen molar-refractivity contribution in [1.82, 2.24) is 9.97 Å². The zero-order valence-corrected chi connectivity index (χ0v) is 10.7. The normalized spacial score (nSPS) is 10.3. The van der Waals surface area contributed by atoms with Gasteiger partial charge in [-0.1, -0.05) is 0 Å². The van der Waals surface area contributed by atoms with E-state index in [4.69, 9.17) is 5.11 Å². The molecule has 0 fully saturated rings. The molecule has 6 heteroatoms. The average Bonchev–Trinajstić information content (AvgIpc) is 2.78. The monoisotopic (exact) mass is 263 g/mol. The van der Waals surface area contributed by atoms with Crippen LogP contribution in [0, 0.1) is 0 Å². The van der Waals surface area contributed by atoms with Crippen molar-refractivity contribution >= 4 is 22.4 Å². The highest BCUT2D eigenvalue weighted by Crippen LogP contribution is 2.21. The molecule has 0 unspecified atom stereocenters. The minimum atomic E-state index is -0.858. The number of hydrogen-bond acceptors (Lipinski definition) is 5. The highest BCUT2D eigenvalue weighted by Gasteiger charge is 2.09. The molecule has 2 rings (SSSR count). The number of pyridine rings is 1. The van der Waals surface area contributed by atoms with Crippen molar-refractivity contribution in [1.29, 1.82) is 0 Å². The lowest BCUT2D eigenvalue weighted by Gasteiger charge is -2.15. The molecule has 2 heterocycles. The Morgan fingerprint density at radius 1 is 1.44 bits per heavy atom. The van der Waals surface area contributed by atoms with Crippen molar-refractivity contribution in [2.45, 2.75) is 13.0 Å². The van der Waals surface area contributed by atoms with Crippen LogP contribution in [0.5, 0.6) is 0 Å². The number of anilines is 1. The fourth-order valence-electron chi connectivity index (χ4n) is 1.54. The summed E-state index contributed by atoms with van der Waals surface area (Å²) in [5.74, 6) is -0.858. The minimum Gasteiger partial charge on any atom is -0.481 e. The predicted molar refractivity (Wildman–Crippen MR) is 69.8 cm³/mol. The van der Waals surface area contributed by atoms with Crippen LogP contribution in [-0.2, 0) is 17.8 Å². The Balaban J connectivity index is 2.03. The summed E-state index contributed by atoms with van der Waals surface area (Å²) in [6.07, 6.45) is 3.47. The molecular weight excluding hydrogens is 250 g/mol. The van der Waals surface area contributed by atoms with Crippen LogP contribution in [-0.4, -0.2) is 28.1 Å². The summed E-state index contributed by atoms with van der Waals surface area (Å²) < 4.78 is 0. The summed E-state index contributed by atoms with van der Waals surface area (Å²) in [7, 11) is 1.93. The number of rotatable bonds is 5. The minimum absolute atomic E-state index is 0.0282. The molecule has 0 aromatic carbocycles. The van der Waals surface area contributed by atoms with E-state index in [-0.39, 0.29) is 6.42 Å². The Bertz CT molecular complexity index is 527. The second-order valence-electron chi connectivity index (χ2n) is 3.90. The van der Waals surface area contributed by atoms with Crippen LogP contribution in [0.25, 0.3) is 0 Å². The van der Waals surface area contributed by atoms with Gasteiger partial charge in [-0.05, 0) is 17.7 Å². The first-order valence-electron chi connectivity index (χ1n) is 5.41. The number of carboxylic acids is 1. The Labute approximate surface area is 109 Å². The van der Waals surface area contributed by atoms with Gasteiger partial charge in [-0.3, -0.25) is 9.78 Å². The molecule has 0 amide bonds. The number of carboxylic acid groups (broad SMARTS) is 1. The molecule has 1 N–H and O–H groups in total. The maximum atomic E-state index is 10.6. The lowest BCUT2D eigenvalue weighted by atomic mass is 10.2. The zero-order chi connectivity index (χ0) is 13.0. The van der Waals surface area contributed by atoms with E-state index < -0.39 is 5.97 Å². The molecule has 2 aromatic heterocycles. The first-order valence-corrected chi connectivity index (χ1v) is 6.29. The van der Waals surface area contributed by atoms with E-state index in [1.807, 2.05) is 24.1 Å². The molecule has 2 aromatic rings. The third-order valence-corrected chi connectivity index (χ3v) is 3.37. The van der Waals surface area contributed by atoms with Crippen LogP contribution in [0.3, 0.4) is 0 Å². The lowest BCUT2D eigenvalue weighted by Crippen LogP contribution is -2.16. The van der Waals surface area contributed by atoms with Crippen LogP contribution in [0.1, 0.15) is 11.3 Å². The van der Waals surface area contributed by atoms with Crippen molar-refractivity contribution in [2.75, 3.05) is 11.9 Å². The van der Waals surface area contributed by atoms with Crippen LogP contribution in [0.2, 0.25) is 0 Å². The van der Waals surface area contributed by atoms with Crippen molar-refractivity contribution in [3.8, 4) is 0 Å². The smallest absolute Gasteiger partial charge is 0.309 e. The third-order valence-electron chi connectivity index (χ3n) is 2.37. The van der Waals surface area contributed by atoms with E-state index in [1.54, 1.807) is 17.8 Å². The van der Waals surface area contributed by atoms with Gasteiger partial charge in [-0.2, -0.15) is 0 Å². The third kappa shape index (κ3) is 3.27. The molecule has 0 bridgehead atoms. The second kappa shape index (κ2) is 5.59. The van der Waals surface area contributed by atoms with Crippen molar-refractivity contribution < 1.29 is 9.90 Å². The van der Waals surface area contributed by atoms with Gasteiger partial charge in [0.15, 0.2) is 5.13 Å². The van der Waals surface area contributed by atoms with E-state index in [2.05, 4.69) is 9.97 Å². The second-order valence-corrected chi connectivity index (χ2v) is 4.74. The van der Waals surface area contributed by atoms with Gasteiger partial charge in [0, 0.05) is 31.4 Å². The van der Waals surface area contributed by atoms with Crippen molar-refractivity contribution in [3.63, 3.8) is 0 Å². The first-order chi connectivity index (χ1) is 8.65. The quantitative estimate of drug-likeness (QED) is 0.891. The standard InChI is InChI=1S/C12H13N3O2S/c1-15(7-9-2-4-13-5-3-9)12-14-10(8-18-12)6-11(16)17/h2-5,8H,6-7H2,1H3,(H,16,17). The molecule has 0 atom stereocenters. The van der Waals surface area contributed by atoms with Gasteiger partial charge >= 0.3 is 5.97 Å². The number of thiazole rings is 1. The van der Waals surface area contributed by atoms with Gasteiger partial charge < -0.3 is 10.0 Å². The fourth-order valence-corrected chi connectivity index (χ4v) is 2.33. The van der Waals surface area contributed by atoms with Gasteiger partial charge in [-0.15, -0.1) is 11.3 Å². The topological polar surface area (TPSA) is 66.3 Å².